The van der Waals surface area contributed by atoms with Crippen LogP contribution >= 0.6 is 7.82 Å². The number of nitrogens with one attached hydrogen (secondary N) is 1. The van der Waals surface area contributed by atoms with E-state index in [9.17, 15) is 9.36 Å². The van der Waals surface area contributed by atoms with Gasteiger partial charge in [-0.3, -0.25) is 13.6 Å². The van der Waals surface area contributed by atoms with Gasteiger partial charge in [-0.2, -0.15) is 0 Å². The van der Waals surface area contributed by atoms with E-state index >= 15 is 0 Å². The molecule has 1 N–H and O–H groups in total. The van der Waals surface area contributed by atoms with Crippen LogP contribution in [0.15, 0.2) is 84.9 Å². The smallest absolute Gasteiger partial charge is 0.475 e. The first kappa shape index (κ1) is 34.1. The average Bonchev–Trinajstić information content (AvgIpc) is 3.70. The highest BCUT2D eigenvalue weighted by Gasteiger charge is 2.50. The highest BCUT2D eigenvalue weighted by molar-refractivity contribution is 7.48. The number of phosphoric acid groups is 1. The number of alkyl carbamates (subject to hydrolysis) is 1. The molecule has 3 aromatic carbocycles. The van der Waals surface area contributed by atoms with Gasteiger partial charge in [0.1, 0.15) is 24.6 Å². The van der Waals surface area contributed by atoms with Crippen molar-refractivity contribution in [1.82, 2.24) is 5.32 Å². The van der Waals surface area contributed by atoms with Crippen molar-refractivity contribution in [3.8, 4) is 5.75 Å². The standard InChI is InChI=1S/C34H42NO10P/c1-38-30-16-14-29(15-17-30)22-39-25-31-32(45-34(44-31)18-8-9-19-34)26-43-46(37,42-24-28-12-6-3-7-13-28)41-21-20-35-33(36)40-23-27-10-4-2-5-11-27/h2-7,10-17,31-32H,8-9,18-26H2,1H3,(H,35,36)/t31-,32-,46?/m1/s1. The summed E-state index contributed by atoms with van der Waals surface area (Å²) in [6.07, 6.45) is 1.90. The van der Waals surface area contributed by atoms with Crippen LogP contribution < -0.4 is 10.1 Å². The second kappa shape index (κ2) is 17.0. The predicted molar refractivity (Wildman–Crippen MR) is 169 cm³/mol. The molecule has 1 heterocycles. The highest BCUT2D eigenvalue weighted by Crippen LogP contribution is 2.51. The molecule has 1 saturated carbocycles. The summed E-state index contributed by atoms with van der Waals surface area (Å²) in [4.78, 5) is 12.1. The molecule has 1 aliphatic heterocycles. The number of benzene rings is 3. The molecule has 1 spiro atoms. The zero-order valence-electron chi connectivity index (χ0n) is 26.0. The van der Waals surface area contributed by atoms with E-state index in [1.54, 1.807) is 7.11 Å². The summed E-state index contributed by atoms with van der Waals surface area (Å²) >= 11 is 0. The second-order valence-electron chi connectivity index (χ2n) is 11.1. The van der Waals surface area contributed by atoms with Crippen LogP contribution in [0.1, 0.15) is 42.4 Å². The first-order chi connectivity index (χ1) is 22.4. The molecule has 1 unspecified atom stereocenters. The number of phosphoric ester groups is 1. The largest absolute Gasteiger partial charge is 0.497 e. The van der Waals surface area contributed by atoms with Crippen molar-refractivity contribution in [3.63, 3.8) is 0 Å². The third kappa shape index (κ3) is 10.4. The summed E-state index contributed by atoms with van der Waals surface area (Å²) in [5.41, 5.74) is 2.66. The Hall–Kier alpha value is -3.28. The Morgan fingerprint density at radius 1 is 0.783 bits per heavy atom. The van der Waals surface area contributed by atoms with Crippen molar-refractivity contribution >= 4 is 13.9 Å². The lowest BCUT2D eigenvalue weighted by Crippen LogP contribution is -2.32. The van der Waals surface area contributed by atoms with E-state index in [0.717, 1.165) is 48.1 Å². The van der Waals surface area contributed by atoms with Crippen LogP contribution in [-0.4, -0.2) is 57.6 Å². The Bertz CT molecular complexity index is 1390. The quantitative estimate of drug-likeness (QED) is 0.127. The number of ether oxygens (including phenoxy) is 5. The van der Waals surface area contributed by atoms with E-state index in [0.29, 0.717) is 6.61 Å². The van der Waals surface area contributed by atoms with Crippen LogP contribution in [0.4, 0.5) is 4.79 Å². The van der Waals surface area contributed by atoms with Gasteiger partial charge in [0.15, 0.2) is 5.79 Å². The molecule has 248 valence electrons. The summed E-state index contributed by atoms with van der Waals surface area (Å²) in [6.45, 7) is 0.573. The van der Waals surface area contributed by atoms with Gasteiger partial charge < -0.3 is 29.0 Å². The van der Waals surface area contributed by atoms with Crippen molar-refractivity contribution in [2.75, 3.05) is 33.5 Å². The lowest BCUT2D eigenvalue weighted by molar-refractivity contribution is -0.175. The summed E-state index contributed by atoms with van der Waals surface area (Å²) < 4.78 is 60.3. The van der Waals surface area contributed by atoms with Crippen molar-refractivity contribution in [2.24, 2.45) is 0 Å². The van der Waals surface area contributed by atoms with Gasteiger partial charge >= 0.3 is 13.9 Å². The molecular formula is C34H42NO10P. The molecule has 11 nitrogen and oxygen atoms in total. The maximum absolute atomic E-state index is 13.8. The molecular weight excluding hydrogens is 613 g/mol. The summed E-state index contributed by atoms with van der Waals surface area (Å²) in [5.74, 6) is 0.0682. The van der Waals surface area contributed by atoms with E-state index in [1.165, 1.54) is 0 Å². The van der Waals surface area contributed by atoms with Crippen LogP contribution in [0.3, 0.4) is 0 Å². The topological polar surface area (TPSA) is 120 Å². The SMILES string of the molecule is COc1ccc(COC[C@H]2OC3(CCCC3)O[C@@H]2COP(=O)(OCCNC(=O)OCc2ccccc2)OCc2ccccc2)cc1. The molecule has 1 amide bonds. The molecule has 0 aromatic heterocycles. The van der Waals surface area contributed by atoms with E-state index in [1.807, 2.05) is 84.9 Å². The third-order valence-electron chi connectivity index (χ3n) is 7.68. The number of amides is 1. The van der Waals surface area contributed by atoms with Gasteiger partial charge in [0.05, 0.1) is 40.1 Å². The van der Waals surface area contributed by atoms with Crippen molar-refractivity contribution < 1.29 is 46.6 Å². The number of hydrogen-bond acceptors (Lipinski definition) is 10. The minimum Gasteiger partial charge on any atom is -0.497 e. The van der Waals surface area contributed by atoms with Gasteiger partial charge in [-0.1, -0.05) is 72.8 Å². The van der Waals surface area contributed by atoms with Crippen molar-refractivity contribution in [1.29, 1.82) is 0 Å². The lowest BCUT2D eigenvalue weighted by atomic mass is 10.2. The Labute approximate surface area is 270 Å². The zero-order chi connectivity index (χ0) is 32.1. The van der Waals surface area contributed by atoms with Crippen molar-refractivity contribution in [2.45, 2.75) is 63.5 Å². The fourth-order valence-corrected chi connectivity index (χ4v) is 6.44. The molecule has 3 aromatic rings. The van der Waals surface area contributed by atoms with E-state index in [-0.39, 0.29) is 39.6 Å². The molecule has 12 heteroatoms. The van der Waals surface area contributed by atoms with Gasteiger partial charge in [-0.25, -0.2) is 9.36 Å². The molecule has 2 fully saturated rings. The van der Waals surface area contributed by atoms with Crippen molar-refractivity contribution in [3.05, 3.63) is 102 Å². The average molecular weight is 656 g/mol. The summed E-state index contributed by atoms with van der Waals surface area (Å²) in [6, 6.07) is 26.3. The fourth-order valence-electron chi connectivity index (χ4n) is 5.27. The second-order valence-corrected chi connectivity index (χ2v) is 12.8. The number of carbonyl (C=O) groups is 1. The lowest BCUT2D eigenvalue weighted by Gasteiger charge is -2.23. The summed E-state index contributed by atoms with van der Waals surface area (Å²) in [5, 5.41) is 2.59. The number of methoxy groups -OCH3 is 1. The molecule has 3 atom stereocenters. The Morgan fingerprint density at radius 2 is 1.39 bits per heavy atom. The van der Waals surface area contributed by atoms with E-state index in [2.05, 4.69) is 5.32 Å². The zero-order valence-corrected chi connectivity index (χ0v) is 26.9. The van der Waals surface area contributed by atoms with Crippen LogP contribution in [0.25, 0.3) is 0 Å². The minimum absolute atomic E-state index is 0.00499. The normalized spacial score (nSPS) is 19.9. The predicted octanol–water partition coefficient (Wildman–Crippen LogP) is 6.55. The number of carbonyl (C=O) groups excluding carboxylic acids is 1. The maximum atomic E-state index is 13.8. The van der Waals surface area contributed by atoms with E-state index in [4.69, 9.17) is 37.3 Å². The minimum atomic E-state index is -4.09. The molecule has 1 saturated heterocycles. The van der Waals surface area contributed by atoms with Gasteiger partial charge in [0.25, 0.3) is 0 Å². The number of rotatable bonds is 17. The van der Waals surface area contributed by atoms with Gasteiger partial charge in [-0.05, 0) is 41.7 Å². The third-order valence-corrected chi connectivity index (χ3v) is 9.09. The molecule has 1 aliphatic carbocycles. The molecule has 0 bridgehead atoms. The van der Waals surface area contributed by atoms with Gasteiger partial charge in [0, 0.05) is 19.4 Å². The first-order valence-corrected chi connectivity index (χ1v) is 17.0. The van der Waals surface area contributed by atoms with Crippen LogP contribution in [0.5, 0.6) is 5.75 Å². The molecule has 2 aliphatic rings. The van der Waals surface area contributed by atoms with Crippen LogP contribution in [-0.2, 0) is 56.9 Å². The molecule has 5 rings (SSSR count). The first-order valence-electron chi connectivity index (χ1n) is 15.5. The monoisotopic (exact) mass is 655 g/mol. The van der Waals surface area contributed by atoms with Gasteiger partial charge in [-0.15, -0.1) is 0 Å². The Kier molecular flexibility index (Phi) is 12.6. The summed E-state index contributed by atoms with van der Waals surface area (Å²) in [7, 11) is -2.47. The molecule has 46 heavy (non-hydrogen) atoms. The Morgan fingerprint density at radius 3 is 2.04 bits per heavy atom. The fraction of sp³-hybridized carbons (Fsp3) is 0.441. The van der Waals surface area contributed by atoms with Gasteiger partial charge in [0.2, 0.25) is 0 Å². The Balaban J connectivity index is 1.15. The number of hydrogen-bond donors (Lipinski definition) is 1. The maximum Gasteiger partial charge on any atom is 0.475 e. The highest BCUT2D eigenvalue weighted by atomic mass is 31.2. The van der Waals surface area contributed by atoms with Crippen LogP contribution in [0, 0.1) is 0 Å². The van der Waals surface area contributed by atoms with Crippen LogP contribution in [0.2, 0.25) is 0 Å². The molecule has 0 radical (unpaired) electrons. The van der Waals surface area contributed by atoms with E-state index < -0.39 is 31.9 Å².